The van der Waals surface area contributed by atoms with Gasteiger partial charge in [0.2, 0.25) is 5.91 Å². The van der Waals surface area contributed by atoms with Crippen LogP contribution in [-0.4, -0.2) is 30.8 Å². The van der Waals surface area contributed by atoms with E-state index in [2.05, 4.69) is 5.32 Å². The van der Waals surface area contributed by atoms with E-state index in [1.54, 1.807) is 35.6 Å². The molecule has 8 heteroatoms. The van der Waals surface area contributed by atoms with Crippen molar-refractivity contribution in [3.8, 4) is 0 Å². The van der Waals surface area contributed by atoms with Crippen molar-refractivity contribution >= 4 is 12.0 Å². The summed E-state index contributed by atoms with van der Waals surface area (Å²) in [4.78, 5) is 22.7. The molecule has 116 valence electrons. The van der Waals surface area contributed by atoms with E-state index >= 15 is 0 Å². The van der Waals surface area contributed by atoms with Crippen molar-refractivity contribution in [3.05, 3.63) is 35.9 Å². The molecule has 21 heavy (non-hydrogen) atoms. The smallest absolute Gasteiger partial charge is 0.408 e. The number of amides is 2. The SMILES string of the molecule is C[C@H](NC(=O)OCc1ccccc1)C(=O)NCC(F)(F)F. The van der Waals surface area contributed by atoms with Gasteiger partial charge in [-0.1, -0.05) is 30.3 Å². The zero-order valence-electron chi connectivity index (χ0n) is 11.2. The number of alkyl halides is 3. The molecule has 0 spiro atoms. The summed E-state index contributed by atoms with van der Waals surface area (Å²) in [6.45, 7) is -0.185. The fraction of sp³-hybridized carbons (Fsp3) is 0.385. The van der Waals surface area contributed by atoms with E-state index < -0.39 is 30.8 Å². The molecule has 0 aliphatic rings. The minimum atomic E-state index is -4.50. The Hall–Kier alpha value is -2.25. The molecule has 0 unspecified atom stereocenters. The van der Waals surface area contributed by atoms with Gasteiger partial charge < -0.3 is 15.4 Å². The number of hydrogen-bond donors (Lipinski definition) is 2. The second-order valence-electron chi connectivity index (χ2n) is 4.26. The Balaban J connectivity index is 2.31. The first-order chi connectivity index (χ1) is 9.78. The van der Waals surface area contributed by atoms with E-state index in [0.29, 0.717) is 0 Å². The van der Waals surface area contributed by atoms with Crippen LogP contribution >= 0.6 is 0 Å². The fourth-order valence-corrected chi connectivity index (χ4v) is 1.35. The molecule has 1 rings (SSSR count). The summed E-state index contributed by atoms with van der Waals surface area (Å²) < 4.78 is 40.6. The number of alkyl carbamates (subject to hydrolysis) is 1. The fourth-order valence-electron chi connectivity index (χ4n) is 1.35. The van der Waals surface area contributed by atoms with E-state index in [4.69, 9.17) is 4.74 Å². The van der Waals surface area contributed by atoms with Crippen LogP contribution < -0.4 is 10.6 Å². The second-order valence-corrected chi connectivity index (χ2v) is 4.26. The molecule has 1 atom stereocenters. The summed E-state index contributed by atoms with van der Waals surface area (Å²) in [5, 5.41) is 3.81. The van der Waals surface area contributed by atoms with E-state index in [-0.39, 0.29) is 6.61 Å². The molecule has 1 aromatic rings. The van der Waals surface area contributed by atoms with Crippen LogP contribution in [0.25, 0.3) is 0 Å². The lowest BCUT2D eigenvalue weighted by Crippen LogP contribution is -2.47. The normalized spacial score (nSPS) is 12.4. The Morgan fingerprint density at radius 3 is 2.43 bits per heavy atom. The van der Waals surface area contributed by atoms with Gasteiger partial charge in [-0.15, -0.1) is 0 Å². The van der Waals surface area contributed by atoms with Gasteiger partial charge in [0.25, 0.3) is 0 Å². The Kier molecular flexibility index (Phi) is 6.01. The van der Waals surface area contributed by atoms with Gasteiger partial charge in [-0.05, 0) is 12.5 Å². The number of rotatable bonds is 5. The predicted molar refractivity (Wildman–Crippen MR) is 68.3 cm³/mol. The van der Waals surface area contributed by atoms with Crippen LogP contribution in [0, 0.1) is 0 Å². The van der Waals surface area contributed by atoms with Crippen molar-refractivity contribution in [3.63, 3.8) is 0 Å². The first-order valence-corrected chi connectivity index (χ1v) is 6.09. The maximum atomic E-state index is 11.9. The maximum absolute atomic E-state index is 11.9. The van der Waals surface area contributed by atoms with Crippen molar-refractivity contribution in [1.29, 1.82) is 0 Å². The Morgan fingerprint density at radius 2 is 1.86 bits per heavy atom. The molecular weight excluding hydrogens is 289 g/mol. The zero-order chi connectivity index (χ0) is 15.9. The molecule has 0 bridgehead atoms. The highest BCUT2D eigenvalue weighted by atomic mass is 19.4. The molecule has 1 aromatic carbocycles. The largest absolute Gasteiger partial charge is 0.445 e. The minimum absolute atomic E-state index is 0.00354. The van der Waals surface area contributed by atoms with E-state index in [9.17, 15) is 22.8 Å². The predicted octanol–water partition coefficient (Wildman–Crippen LogP) is 1.98. The summed E-state index contributed by atoms with van der Waals surface area (Å²) in [6.07, 6.45) is -5.38. The Labute approximate surface area is 119 Å². The highest BCUT2D eigenvalue weighted by Gasteiger charge is 2.29. The number of ether oxygens (including phenoxy) is 1. The van der Waals surface area contributed by atoms with E-state index in [1.165, 1.54) is 6.92 Å². The number of benzene rings is 1. The Bertz CT molecular complexity index is 477. The first-order valence-electron chi connectivity index (χ1n) is 6.09. The molecule has 2 N–H and O–H groups in total. The summed E-state index contributed by atoms with van der Waals surface area (Å²) in [5.74, 6) is -0.941. The lowest BCUT2D eigenvalue weighted by molar-refractivity contribution is -0.139. The first kappa shape index (κ1) is 16.8. The van der Waals surface area contributed by atoms with Gasteiger partial charge in [0, 0.05) is 0 Å². The van der Waals surface area contributed by atoms with Crippen molar-refractivity contribution in [2.75, 3.05) is 6.54 Å². The minimum Gasteiger partial charge on any atom is -0.445 e. The molecule has 0 saturated heterocycles. The number of carbonyl (C=O) groups is 2. The average Bonchev–Trinajstić information content (AvgIpc) is 2.42. The number of carbonyl (C=O) groups excluding carboxylic acids is 2. The van der Waals surface area contributed by atoms with Crippen LogP contribution in [0.2, 0.25) is 0 Å². The molecular formula is C13H15F3N2O3. The number of halogens is 3. The summed E-state index contributed by atoms with van der Waals surface area (Å²) in [5.41, 5.74) is 0.752. The maximum Gasteiger partial charge on any atom is 0.408 e. The van der Waals surface area contributed by atoms with Crippen LogP contribution in [0.3, 0.4) is 0 Å². The summed E-state index contributed by atoms with van der Waals surface area (Å²) >= 11 is 0. The van der Waals surface area contributed by atoms with Crippen molar-refractivity contribution in [2.24, 2.45) is 0 Å². The highest BCUT2D eigenvalue weighted by molar-refractivity contribution is 5.85. The zero-order valence-corrected chi connectivity index (χ0v) is 11.2. The van der Waals surface area contributed by atoms with Crippen molar-refractivity contribution in [2.45, 2.75) is 25.7 Å². The van der Waals surface area contributed by atoms with Gasteiger partial charge >= 0.3 is 12.3 Å². The molecule has 0 heterocycles. The Morgan fingerprint density at radius 1 is 1.24 bits per heavy atom. The van der Waals surface area contributed by atoms with Gasteiger partial charge in [0.05, 0.1) is 0 Å². The van der Waals surface area contributed by atoms with E-state index in [1.807, 2.05) is 0 Å². The molecule has 0 saturated carbocycles. The average molecular weight is 304 g/mol. The van der Waals surface area contributed by atoms with Gasteiger partial charge in [-0.2, -0.15) is 13.2 Å². The molecule has 5 nitrogen and oxygen atoms in total. The monoisotopic (exact) mass is 304 g/mol. The highest BCUT2D eigenvalue weighted by Crippen LogP contribution is 2.12. The summed E-state index contributed by atoms with van der Waals surface area (Å²) in [7, 11) is 0. The van der Waals surface area contributed by atoms with Crippen LogP contribution in [0.5, 0.6) is 0 Å². The van der Waals surface area contributed by atoms with Gasteiger partial charge in [-0.3, -0.25) is 4.79 Å². The third kappa shape index (κ3) is 7.19. The molecule has 0 fully saturated rings. The summed E-state index contributed by atoms with van der Waals surface area (Å²) in [6, 6.07) is 7.69. The lowest BCUT2D eigenvalue weighted by atomic mass is 10.2. The van der Waals surface area contributed by atoms with Crippen molar-refractivity contribution < 1.29 is 27.5 Å². The van der Waals surface area contributed by atoms with Gasteiger partial charge in [-0.25, -0.2) is 4.79 Å². The molecule has 0 aliphatic heterocycles. The standard InChI is InChI=1S/C13H15F3N2O3/c1-9(11(19)17-8-13(14,15)16)18-12(20)21-7-10-5-3-2-4-6-10/h2-6,9H,7-8H2,1H3,(H,17,19)(H,18,20)/t9-/m0/s1. The van der Waals surface area contributed by atoms with Gasteiger partial charge in [0.15, 0.2) is 0 Å². The third-order valence-electron chi connectivity index (χ3n) is 2.40. The van der Waals surface area contributed by atoms with Crippen LogP contribution in [0.4, 0.5) is 18.0 Å². The number of hydrogen-bond acceptors (Lipinski definition) is 3. The quantitative estimate of drug-likeness (QED) is 0.874. The van der Waals surface area contributed by atoms with Crippen LogP contribution in [0.1, 0.15) is 12.5 Å². The van der Waals surface area contributed by atoms with Crippen LogP contribution in [-0.2, 0) is 16.1 Å². The topological polar surface area (TPSA) is 67.4 Å². The second kappa shape index (κ2) is 7.51. The molecule has 0 aliphatic carbocycles. The number of nitrogens with one attached hydrogen (secondary N) is 2. The molecule has 0 radical (unpaired) electrons. The lowest BCUT2D eigenvalue weighted by Gasteiger charge is -2.15. The molecule has 0 aromatic heterocycles. The van der Waals surface area contributed by atoms with Crippen LogP contribution in [0.15, 0.2) is 30.3 Å². The third-order valence-corrected chi connectivity index (χ3v) is 2.40. The van der Waals surface area contributed by atoms with Gasteiger partial charge in [0.1, 0.15) is 19.2 Å². The van der Waals surface area contributed by atoms with E-state index in [0.717, 1.165) is 5.56 Å². The molecule has 2 amide bonds. The van der Waals surface area contributed by atoms with Crippen molar-refractivity contribution in [1.82, 2.24) is 10.6 Å².